The molecule has 144 valence electrons. The van der Waals surface area contributed by atoms with Crippen molar-refractivity contribution in [1.82, 2.24) is 20.2 Å². The van der Waals surface area contributed by atoms with Crippen LogP contribution >= 0.6 is 0 Å². The average Bonchev–Trinajstić information content (AvgIpc) is 3.12. The summed E-state index contributed by atoms with van der Waals surface area (Å²) in [7, 11) is 1.90. The lowest BCUT2D eigenvalue weighted by atomic mass is 10.1. The number of aromatic nitrogens is 2. The summed E-state index contributed by atoms with van der Waals surface area (Å²) in [4.78, 5) is 29.1. The molecule has 0 aliphatic carbocycles. The van der Waals surface area contributed by atoms with Crippen LogP contribution < -0.4 is 10.6 Å². The van der Waals surface area contributed by atoms with Crippen molar-refractivity contribution in [2.24, 2.45) is 7.05 Å². The van der Waals surface area contributed by atoms with E-state index < -0.39 is 0 Å². The summed E-state index contributed by atoms with van der Waals surface area (Å²) in [6.07, 6.45) is 3.74. The highest BCUT2D eigenvalue weighted by molar-refractivity contribution is 5.94. The maximum Gasteiger partial charge on any atom is 0.251 e. The van der Waals surface area contributed by atoms with Gasteiger partial charge in [0.15, 0.2) is 0 Å². The Balaban J connectivity index is 1.60. The molecular weight excluding hydrogens is 352 g/mol. The smallest absolute Gasteiger partial charge is 0.251 e. The van der Waals surface area contributed by atoms with Crippen LogP contribution in [-0.2, 0) is 11.8 Å². The number of carbonyl (C=O) groups excluding carboxylic acids is 2. The van der Waals surface area contributed by atoms with Gasteiger partial charge in [0, 0.05) is 38.0 Å². The maximum atomic E-state index is 12.5. The van der Waals surface area contributed by atoms with E-state index in [2.05, 4.69) is 15.6 Å². The summed E-state index contributed by atoms with van der Waals surface area (Å²) in [5.74, 6) is 0.421. The van der Waals surface area contributed by atoms with E-state index in [0.717, 1.165) is 17.0 Å². The van der Waals surface area contributed by atoms with Gasteiger partial charge in [0.2, 0.25) is 5.91 Å². The Morgan fingerprint density at radius 1 is 1.11 bits per heavy atom. The summed E-state index contributed by atoms with van der Waals surface area (Å²) in [6.45, 7) is 2.20. The van der Waals surface area contributed by atoms with Gasteiger partial charge in [-0.2, -0.15) is 0 Å². The van der Waals surface area contributed by atoms with Gasteiger partial charge < -0.3 is 15.2 Å². The third kappa shape index (κ3) is 4.85. The van der Waals surface area contributed by atoms with Gasteiger partial charge in [-0.3, -0.25) is 9.59 Å². The lowest BCUT2D eigenvalue weighted by molar-refractivity contribution is -0.121. The van der Waals surface area contributed by atoms with E-state index in [4.69, 9.17) is 0 Å². The summed E-state index contributed by atoms with van der Waals surface area (Å²) in [6, 6.07) is 16.7. The van der Waals surface area contributed by atoms with Crippen molar-refractivity contribution in [3.05, 3.63) is 89.5 Å². The van der Waals surface area contributed by atoms with Crippen LogP contribution in [0.4, 0.5) is 0 Å². The van der Waals surface area contributed by atoms with Crippen molar-refractivity contribution < 1.29 is 9.59 Å². The van der Waals surface area contributed by atoms with Crippen LogP contribution in [-0.4, -0.2) is 27.9 Å². The van der Waals surface area contributed by atoms with E-state index in [0.29, 0.717) is 5.56 Å². The molecule has 1 aromatic heterocycles. The lowest BCUT2D eigenvalue weighted by Gasteiger charge is -2.19. The number of hydrogen-bond donors (Lipinski definition) is 2. The van der Waals surface area contributed by atoms with Gasteiger partial charge in [0.05, 0.1) is 0 Å². The molecule has 6 heteroatoms. The van der Waals surface area contributed by atoms with E-state index in [-0.39, 0.29) is 30.8 Å². The zero-order chi connectivity index (χ0) is 19.9. The first-order valence-corrected chi connectivity index (χ1v) is 9.21. The fourth-order valence-corrected chi connectivity index (χ4v) is 3.01. The number of carbonyl (C=O) groups is 2. The van der Waals surface area contributed by atoms with Crippen molar-refractivity contribution in [1.29, 1.82) is 0 Å². The number of amides is 2. The first-order chi connectivity index (χ1) is 13.5. The second-order valence-corrected chi connectivity index (χ2v) is 6.68. The lowest BCUT2D eigenvalue weighted by Crippen LogP contribution is -2.34. The first-order valence-electron chi connectivity index (χ1n) is 9.21. The van der Waals surface area contributed by atoms with Crippen molar-refractivity contribution in [2.45, 2.75) is 19.4 Å². The molecule has 3 rings (SSSR count). The highest BCUT2D eigenvalue weighted by Crippen LogP contribution is 2.20. The molecule has 0 unspecified atom stereocenters. The Morgan fingerprint density at radius 3 is 2.57 bits per heavy atom. The minimum absolute atomic E-state index is 0.151. The molecule has 2 N–H and O–H groups in total. The van der Waals surface area contributed by atoms with Crippen LogP contribution in [0.5, 0.6) is 0 Å². The topological polar surface area (TPSA) is 76.0 Å². The first kappa shape index (κ1) is 19.4. The van der Waals surface area contributed by atoms with Crippen molar-refractivity contribution in [3.63, 3.8) is 0 Å². The minimum Gasteiger partial charge on any atom is -0.352 e. The zero-order valence-corrected chi connectivity index (χ0v) is 16.1. The van der Waals surface area contributed by atoms with E-state index >= 15 is 0 Å². The average molecular weight is 376 g/mol. The molecule has 0 bridgehead atoms. The molecule has 0 radical (unpaired) electrons. The van der Waals surface area contributed by atoms with Crippen molar-refractivity contribution >= 4 is 11.8 Å². The summed E-state index contributed by atoms with van der Waals surface area (Å²) in [5, 5.41) is 5.82. The third-order valence-electron chi connectivity index (χ3n) is 4.47. The van der Waals surface area contributed by atoms with E-state index in [1.54, 1.807) is 12.3 Å². The van der Waals surface area contributed by atoms with E-state index in [9.17, 15) is 9.59 Å². The van der Waals surface area contributed by atoms with E-state index in [1.165, 1.54) is 0 Å². The van der Waals surface area contributed by atoms with Crippen LogP contribution in [0.2, 0.25) is 0 Å². The fourth-order valence-electron chi connectivity index (χ4n) is 3.01. The number of nitrogens with zero attached hydrogens (tertiary/aromatic N) is 2. The highest BCUT2D eigenvalue weighted by Gasteiger charge is 2.20. The molecule has 0 saturated heterocycles. The van der Waals surface area contributed by atoms with Crippen molar-refractivity contribution in [2.75, 3.05) is 6.54 Å². The predicted octanol–water partition coefficient (Wildman–Crippen LogP) is 2.75. The van der Waals surface area contributed by atoms with Gasteiger partial charge in [0.25, 0.3) is 5.91 Å². The van der Waals surface area contributed by atoms with Crippen LogP contribution in [0.1, 0.15) is 39.8 Å². The normalized spacial score (nSPS) is 11.6. The van der Waals surface area contributed by atoms with Gasteiger partial charge in [-0.25, -0.2) is 4.98 Å². The van der Waals surface area contributed by atoms with Crippen LogP contribution in [0, 0.1) is 6.92 Å². The Hall–Kier alpha value is -3.41. The number of hydrogen-bond acceptors (Lipinski definition) is 3. The zero-order valence-electron chi connectivity index (χ0n) is 16.1. The molecule has 6 nitrogen and oxygen atoms in total. The molecular formula is C22H24N4O2. The molecule has 1 atom stereocenters. The number of nitrogens with one attached hydrogen (secondary N) is 2. The largest absolute Gasteiger partial charge is 0.352 e. The predicted molar refractivity (Wildman–Crippen MR) is 108 cm³/mol. The summed E-state index contributed by atoms with van der Waals surface area (Å²) in [5.41, 5.74) is 2.57. The number of benzene rings is 2. The Kier molecular flexibility index (Phi) is 6.22. The Morgan fingerprint density at radius 2 is 1.89 bits per heavy atom. The standard InChI is InChI=1S/C22H24N4O2/c1-16-7-6-10-18(15-16)22(28)24-12-11-19(27)25-20(17-8-4-3-5-9-17)21-23-13-14-26(21)2/h3-10,13-15,20H,11-12H2,1-2H3,(H,24,28)(H,25,27)/t20-/m1/s1. The number of imidazole rings is 1. The molecule has 0 spiro atoms. The van der Waals surface area contributed by atoms with Crippen LogP contribution in [0.15, 0.2) is 67.0 Å². The van der Waals surface area contributed by atoms with Gasteiger partial charge in [-0.15, -0.1) is 0 Å². The molecule has 3 aromatic rings. The summed E-state index contributed by atoms with van der Waals surface area (Å²) < 4.78 is 1.89. The third-order valence-corrected chi connectivity index (χ3v) is 4.47. The van der Waals surface area contributed by atoms with Gasteiger partial charge >= 0.3 is 0 Å². The molecule has 0 aliphatic heterocycles. The minimum atomic E-state index is -0.346. The van der Waals surface area contributed by atoms with Gasteiger partial charge in [0.1, 0.15) is 11.9 Å². The molecule has 2 amide bonds. The van der Waals surface area contributed by atoms with Crippen molar-refractivity contribution in [3.8, 4) is 0 Å². The van der Waals surface area contributed by atoms with Crippen LogP contribution in [0.3, 0.4) is 0 Å². The fraction of sp³-hybridized carbons (Fsp3) is 0.227. The van der Waals surface area contributed by atoms with E-state index in [1.807, 2.05) is 73.3 Å². The van der Waals surface area contributed by atoms with Crippen LogP contribution in [0.25, 0.3) is 0 Å². The monoisotopic (exact) mass is 376 g/mol. The molecule has 0 aliphatic rings. The number of rotatable bonds is 7. The quantitative estimate of drug-likeness (QED) is 0.666. The summed E-state index contributed by atoms with van der Waals surface area (Å²) >= 11 is 0. The second kappa shape index (κ2) is 8.99. The Labute approximate surface area is 164 Å². The van der Waals surface area contributed by atoms with Gasteiger partial charge in [-0.1, -0.05) is 48.0 Å². The molecule has 0 saturated carbocycles. The Bertz CT molecular complexity index is 950. The SMILES string of the molecule is Cc1cccc(C(=O)NCCC(=O)N[C@H](c2ccccc2)c2nccn2C)c1. The molecule has 1 heterocycles. The number of aryl methyl sites for hydroxylation is 2. The van der Waals surface area contributed by atoms with Gasteiger partial charge in [-0.05, 0) is 24.6 Å². The molecule has 2 aromatic carbocycles. The molecule has 28 heavy (non-hydrogen) atoms. The maximum absolute atomic E-state index is 12.5. The highest BCUT2D eigenvalue weighted by atomic mass is 16.2. The second-order valence-electron chi connectivity index (χ2n) is 6.68. The molecule has 0 fully saturated rings.